The third-order valence-electron chi connectivity index (χ3n) is 3.07. The van der Waals surface area contributed by atoms with Crippen LogP contribution in [0.5, 0.6) is 0 Å². The fourth-order valence-corrected chi connectivity index (χ4v) is 2.53. The molecule has 0 bridgehead atoms. The smallest absolute Gasteiger partial charge is 0.0471 e. The van der Waals surface area contributed by atoms with Crippen LogP contribution in [0.15, 0.2) is 0 Å². The summed E-state index contributed by atoms with van der Waals surface area (Å²) in [4.78, 5) is 0. The molecule has 0 aliphatic carbocycles. The van der Waals surface area contributed by atoms with Crippen LogP contribution in [0.25, 0.3) is 0 Å². The maximum atomic E-state index is 5.68. The van der Waals surface area contributed by atoms with E-state index in [1.807, 2.05) is 0 Å². The number of rotatable bonds is 4. The van der Waals surface area contributed by atoms with Gasteiger partial charge in [0.1, 0.15) is 0 Å². The van der Waals surface area contributed by atoms with Crippen molar-refractivity contribution in [1.82, 2.24) is 0 Å². The minimum absolute atomic E-state index is 0.501. The van der Waals surface area contributed by atoms with Crippen molar-refractivity contribution < 1.29 is 4.74 Å². The van der Waals surface area contributed by atoms with Gasteiger partial charge < -0.3 is 10.5 Å². The van der Waals surface area contributed by atoms with Gasteiger partial charge in [-0.15, -0.1) is 0 Å². The second-order valence-corrected chi connectivity index (χ2v) is 4.75. The highest BCUT2D eigenvalue weighted by atomic mass is 16.5. The summed E-state index contributed by atoms with van der Waals surface area (Å²) < 4.78 is 5.41. The van der Waals surface area contributed by atoms with Crippen molar-refractivity contribution in [3.8, 4) is 0 Å². The van der Waals surface area contributed by atoms with Crippen LogP contribution in [0, 0.1) is 11.3 Å². The molecule has 1 saturated heterocycles. The average molecular weight is 185 g/mol. The molecule has 2 heteroatoms. The van der Waals surface area contributed by atoms with Crippen LogP contribution >= 0.6 is 0 Å². The average Bonchev–Trinajstić information content (AvgIpc) is 2.04. The molecule has 2 N–H and O–H groups in total. The minimum atomic E-state index is 0.501. The van der Waals surface area contributed by atoms with Gasteiger partial charge in [0.2, 0.25) is 0 Å². The summed E-state index contributed by atoms with van der Waals surface area (Å²) in [6, 6.07) is 0. The highest BCUT2D eigenvalue weighted by Crippen LogP contribution is 2.39. The molecule has 1 aliphatic heterocycles. The van der Waals surface area contributed by atoms with E-state index in [1.165, 1.54) is 25.7 Å². The predicted octanol–water partition coefficient (Wildman–Crippen LogP) is 2.18. The largest absolute Gasteiger partial charge is 0.381 e. The van der Waals surface area contributed by atoms with Crippen molar-refractivity contribution in [2.75, 3.05) is 19.8 Å². The van der Waals surface area contributed by atoms with Crippen LogP contribution in [0.1, 0.15) is 39.5 Å². The van der Waals surface area contributed by atoms with E-state index in [2.05, 4.69) is 13.8 Å². The lowest BCUT2D eigenvalue weighted by atomic mass is 9.72. The Kier molecular flexibility index (Phi) is 4.20. The van der Waals surface area contributed by atoms with Gasteiger partial charge in [-0.3, -0.25) is 0 Å². The van der Waals surface area contributed by atoms with E-state index in [0.29, 0.717) is 5.41 Å². The second kappa shape index (κ2) is 4.97. The van der Waals surface area contributed by atoms with Crippen molar-refractivity contribution in [3.05, 3.63) is 0 Å². The zero-order valence-corrected chi connectivity index (χ0v) is 9.01. The van der Waals surface area contributed by atoms with Crippen LogP contribution in [0.2, 0.25) is 0 Å². The molecule has 1 aliphatic rings. The summed E-state index contributed by atoms with van der Waals surface area (Å²) in [5, 5.41) is 0. The van der Waals surface area contributed by atoms with E-state index in [4.69, 9.17) is 10.5 Å². The van der Waals surface area contributed by atoms with E-state index < -0.39 is 0 Å². The first-order valence-corrected chi connectivity index (χ1v) is 5.46. The molecule has 0 radical (unpaired) electrons. The SMILES string of the molecule is CC(C)CC1(CCN)CCOCC1. The molecule has 0 aromatic rings. The Morgan fingerprint density at radius 3 is 2.38 bits per heavy atom. The van der Waals surface area contributed by atoms with Crippen molar-refractivity contribution in [1.29, 1.82) is 0 Å². The summed E-state index contributed by atoms with van der Waals surface area (Å²) >= 11 is 0. The lowest BCUT2D eigenvalue weighted by Crippen LogP contribution is -2.33. The fraction of sp³-hybridized carbons (Fsp3) is 1.00. The molecule has 0 unspecified atom stereocenters. The number of hydrogen-bond donors (Lipinski definition) is 1. The Morgan fingerprint density at radius 2 is 1.92 bits per heavy atom. The first-order chi connectivity index (χ1) is 6.18. The third-order valence-corrected chi connectivity index (χ3v) is 3.07. The quantitative estimate of drug-likeness (QED) is 0.728. The Hall–Kier alpha value is -0.0800. The number of hydrogen-bond acceptors (Lipinski definition) is 2. The summed E-state index contributed by atoms with van der Waals surface area (Å²) in [7, 11) is 0. The molecule has 78 valence electrons. The van der Waals surface area contributed by atoms with Gasteiger partial charge in [0.15, 0.2) is 0 Å². The van der Waals surface area contributed by atoms with E-state index in [0.717, 1.165) is 25.7 Å². The molecule has 0 aromatic carbocycles. The zero-order valence-electron chi connectivity index (χ0n) is 9.01. The Labute approximate surface area is 81.8 Å². The first-order valence-electron chi connectivity index (χ1n) is 5.46. The highest BCUT2D eigenvalue weighted by molar-refractivity contribution is 4.83. The van der Waals surface area contributed by atoms with Gasteiger partial charge in [0.25, 0.3) is 0 Å². The second-order valence-electron chi connectivity index (χ2n) is 4.75. The molecular formula is C11H23NO. The van der Waals surface area contributed by atoms with Gasteiger partial charge >= 0.3 is 0 Å². The molecule has 0 atom stereocenters. The maximum absolute atomic E-state index is 5.68. The maximum Gasteiger partial charge on any atom is 0.0471 e. The summed E-state index contributed by atoms with van der Waals surface area (Å²) in [6.07, 6.45) is 4.91. The Morgan fingerprint density at radius 1 is 1.31 bits per heavy atom. The highest BCUT2D eigenvalue weighted by Gasteiger charge is 2.32. The van der Waals surface area contributed by atoms with Gasteiger partial charge in [-0.1, -0.05) is 13.8 Å². The lowest BCUT2D eigenvalue weighted by Gasteiger charge is -2.38. The molecule has 2 nitrogen and oxygen atoms in total. The van der Waals surface area contributed by atoms with Crippen molar-refractivity contribution in [2.24, 2.45) is 17.1 Å². The zero-order chi connectivity index (χ0) is 9.73. The molecule has 0 aromatic heterocycles. The van der Waals surface area contributed by atoms with Gasteiger partial charge in [0, 0.05) is 13.2 Å². The molecule has 0 saturated carbocycles. The van der Waals surface area contributed by atoms with Crippen molar-refractivity contribution in [3.63, 3.8) is 0 Å². The monoisotopic (exact) mass is 185 g/mol. The fourth-order valence-electron chi connectivity index (χ4n) is 2.53. The summed E-state index contributed by atoms with van der Waals surface area (Å²) in [5.41, 5.74) is 6.18. The van der Waals surface area contributed by atoms with E-state index >= 15 is 0 Å². The summed E-state index contributed by atoms with van der Waals surface area (Å²) in [6.45, 7) is 7.30. The van der Waals surface area contributed by atoms with E-state index in [1.54, 1.807) is 0 Å². The molecule has 13 heavy (non-hydrogen) atoms. The molecule has 1 heterocycles. The minimum Gasteiger partial charge on any atom is -0.381 e. The van der Waals surface area contributed by atoms with Gasteiger partial charge in [-0.05, 0) is 43.6 Å². The van der Waals surface area contributed by atoms with Crippen LogP contribution in [0.4, 0.5) is 0 Å². The van der Waals surface area contributed by atoms with Crippen molar-refractivity contribution in [2.45, 2.75) is 39.5 Å². The number of nitrogens with two attached hydrogens (primary N) is 1. The Balaban J connectivity index is 2.50. The van der Waals surface area contributed by atoms with E-state index in [-0.39, 0.29) is 0 Å². The predicted molar refractivity (Wildman–Crippen MR) is 55.6 cm³/mol. The first kappa shape index (κ1) is 11.0. The third kappa shape index (κ3) is 3.28. The Bertz CT molecular complexity index is 134. The van der Waals surface area contributed by atoms with Gasteiger partial charge in [0.05, 0.1) is 0 Å². The van der Waals surface area contributed by atoms with Gasteiger partial charge in [-0.25, -0.2) is 0 Å². The molecule has 0 spiro atoms. The van der Waals surface area contributed by atoms with Gasteiger partial charge in [-0.2, -0.15) is 0 Å². The van der Waals surface area contributed by atoms with E-state index in [9.17, 15) is 0 Å². The number of ether oxygens (including phenoxy) is 1. The molecule has 1 fully saturated rings. The van der Waals surface area contributed by atoms with Crippen LogP contribution < -0.4 is 5.73 Å². The summed E-state index contributed by atoms with van der Waals surface area (Å²) in [5.74, 6) is 0.782. The normalized spacial score (nSPS) is 22.2. The van der Waals surface area contributed by atoms with Crippen LogP contribution in [0.3, 0.4) is 0 Å². The lowest BCUT2D eigenvalue weighted by molar-refractivity contribution is 0.000660. The topological polar surface area (TPSA) is 35.2 Å². The standard InChI is InChI=1S/C11H23NO/c1-10(2)9-11(3-6-12)4-7-13-8-5-11/h10H,3-9,12H2,1-2H3. The molecular weight excluding hydrogens is 162 g/mol. The molecule has 0 amide bonds. The molecule has 1 rings (SSSR count). The van der Waals surface area contributed by atoms with Crippen LogP contribution in [-0.4, -0.2) is 19.8 Å². The van der Waals surface area contributed by atoms with Crippen LogP contribution in [-0.2, 0) is 4.74 Å². The van der Waals surface area contributed by atoms with Crippen molar-refractivity contribution >= 4 is 0 Å².